The van der Waals surface area contributed by atoms with Crippen LogP contribution in [0.25, 0.3) is 40.0 Å². The fraction of sp³-hybridized carbons (Fsp3) is 0. The first-order valence-corrected chi connectivity index (χ1v) is 12.3. The zero-order valence-corrected chi connectivity index (χ0v) is 21.7. The van der Waals surface area contributed by atoms with Crippen LogP contribution in [0.2, 0.25) is 5.02 Å². The molecule has 2 heterocycles. The van der Waals surface area contributed by atoms with E-state index in [2.05, 4.69) is 31.5 Å². The Morgan fingerprint density at radius 2 is 1.81 bits per heavy atom. The Hall–Kier alpha value is -3.72. The highest BCUT2D eigenvalue weighted by Gasteiger charge is 2.12. The summed E-state index contributed by atoms with van der Waals surface area (Å²) in [6.45, 7) is 0. The summed E-state index contributed by atoms with van der Waals surface area (Å²) in [6.07, 6.45) is 2.92. The van der Waals surface area contributed by atoms with Gasteiger partial charge in [0, 0.05) is 26.8 Å². The van der Waals surface area contributed by atoms with Gasteiger partial charge >= 0.3 is 0 Å². The quantitative estimate of drug-likeness (QED) is 0.164. The zero-order valence-electron chi connectivity index (χ0n) is 18.5. The second kappa shape index (κ2) is 10.5. The smallest absolute Gasteiger partial charge is 0.250 e. The van der Waals surface area contributed by atoms with Crippen LogP contribution in [0.3, 0.4) is 0 Å². The van der Waals surface area contributed by atoms with Gasteiger partial charge in [0.05, 0.1) is 5.56 Å². The molecule has 178 valence electrons. The second-order valence-corrected chi connectivity index (χ2v) is 9.37. The number of hydrogen-bond acceptors (Lipinski definition) is 5. The molecule has 0 spiro atoms. The molecular weight excluding hydrogens is 562 g/mol. The number of nitrogens with one attached hydrogen (secondary N) is 2. The molecule has 0 saturated carbocycles. The number of benzene rings is 3. The number of fused-ring (bicyclic) bond motifs is 1. The Labute approximate surface area is 225 Å². The van der Waals surface area contributed by atoms with Gasteiger partial charge in [0.2, 0.25) is 11.8 Å². The maximum atomic E-state index is 12.3. The SMILES string of the molecule is O=C(C=Cc1ccc(-c2ccc(Cl)cc2)o1)NC(=S)Nc1ccc2oc(-c3ccccc3Br)nc2c1. The third-order valence-electron chi connectivity index (χ3n) is 5.14. The molecule has 0 atom stereocenters. The van der Waals surface area contributed by atoms with Gasteiger partial charge in [-0.05, 0) is 101 Å². The number of carbonyl (C=O) groups excluding carboxylic acids is 1. The highest BCUT2D eigenvalue weighted by atomic mass is 79.9. The molecule has 0 saturated heterocycles. The summed E-state index contributed by atoms with van der Waals surface area (Å²) in [5, 5.41) is 6.42. The van der Waals surface area contributed by atoms with Crippen molar-refractivity contribution < 1.29 is 13.6 Å². The number of amides is 1. The van der Waals surface area contributed by atoms with Crippen LogP contribution in [-0.2, 0) is 4.79 Å². The van der Waals surface area contributed by atoms with Gasteiger partial charge in [-0.25, -0.2) is 4.98 Å². The number of furan rings is 1. The van der Waals surface area contributed by atoms with Gasteiger partial charge < -0.3 is 14.2 Å². The van der Waals surface area contributed by atoms with E-state index in [0.29, 0.717) is 39.2 Å². The van der Waals surface area contributed by atoms with E-state index in [1.165, 1.54) is 6.08 Å². The lowest BCUT2D eigenvalue weighted by atomic mass is 10.2. The molecule has 2 N–H and O–H groups in total. The molecule has 0 aliphatic carbocycles. The van der Waals surface area contributed by atoms with Crippen molar-refractivity contribution in [3.8, 4) is 22.8 Å². The summed E-state index contributed by atoms with van der Waals surface area (Å²) in [5.41, 5.74) is 3.72. The van der Waals surface area contributed by atoms with Crippen molar-refractivity contribution in [3.05, 3.63) is 100 Å². The van der Waals surface area contributed by atoms with E-state index < -0.39 is 5.91 Å². The van der Waals surface area contributed by atoms with Gasteiger partial charge in [-0.15, -0.1) is 0 Å². The zero-order chi connectivity index (χ0) is 25.1. The van der Waals surface area contributed by atoms with E-state index in [-0.39, 0.29) is 5.11 Å². The van der Waals surface area contributed by atoms with Crippen LogP contribution >= 0.6 is 39.7 Å². The van der Waals surface area contributed by atoms with Crippen molar-refractivity contribution >= 4 is 73.6 Å². The second-order valence-electron chi connectivity index (χ2n) is 7.67. The molecule has 0 aliphatic rings. The van der Waals surface area contributed by atoms with Gasteiger partial charge in [-0.2, -0.15) is 0 Å². The number of rotatable bonds is 5. The summed E-state index contributed by atoms with van der Waals surface area (Å²) in [6, 6.07) is 24.0. The van der Waals surface area contributed by atoms with Gasteiger partial charge in [-0.3, -0.25) is 10.1 Å². The first-order valence-electron chi connectivity index (χ1n) is 10.8. The molecule has 0 aliphatic heterocycles. The van der Waals surface area contributed by atoms with Crippen LogP contribution in [0.15, 0.2) is 98.2 Å². The molecule has 5 aromatic rings. The fourth-order valence-electron chi connectivity index (χ4n) is 3.44. The molecule has 0 bridgehead atoms. The molecule has 36 heavy (non-hydrogen) atoms. The maximum absolute atomic E-state index is 12.3. The van der Waals surface area contributed by atoms with E-state index in [0.717, 1.165) is 15.6 Å². The largest absolute Gasteiger partial charge is 0.457 e. The van der Waals surface area contributed by atoms with Crippen LogP contribution in [0.5, 0.6) is 0 Å². The topological polar surface area (TPSA) is 80.3 Å². The summed E-state index contributed by atoms with van der Waals surface area (Å²) in [4.78, 5) is 16.9. The third-order valence-corrected chi connectivity index (χ3v) is 6.29. The van der Waals surface area contributed by atoms with Crippen molar-refractivity contribution in [2.24, 2.45) is 0 Å². The number of aromatic nitrogens is 1. The van der Waals surface area contributed by atoms with E-state index in [4.69, 9.17) is 32.7 Å². The minimum atomic E-state index is -0.393. The minimum Gasteiger partial charge on any atom is -0.457 e. The predicted octanol–water partition coefficient (Wildman–Crippen LogP) is 7.70. The Morgan fingerprint density at radius 1 is 1.00 bits per heavy atom. The lowest BCUT2D eigenvalue weighted by molar-refractivity contribution is -0.115. The Balaban J connectivity index is 1.20. The van der Waals surface area contributed by atoms with Gasteiger partial charge in [0.25, 0.3) is 0 Å². The average Bonchev–Trinajstić information content (AvgIpc) is 3.50. The Kier molecular flexibility index (Phi) is 6.99. The van der Waals surface area contributed by atoms with Crippen LogP contribution in [-0.4, -0.2) is 16.0 Å². The highest BCUT2D eigenvalue weighted by Crippen LogP contribution is 2.31. The number of halogens is 2. The standard InChI is InChI=1S/C27H17BrClN3O3S/c28-21-4-2-1-3-20(21)26-31-22-15-18(9-12-24(22)35-26)30-27(36)32-25(33)14-11-19-10-13-23(34-19)16-5-7-17(29)8-6-16/h1-15H,(H2,30,32,33,36). The summed E-state index contributed by atoms with van der Waals surface area (Å²) >= 11 is 14.7. The van der Waals surface area contributed by atoms with Crippen LogP contribution in [0, 0.1) is 0 Å². The van der Waals surface area contributed by atoms with Crippen molar-refractivity contribution in [1.29, 1.82) is 0 Å². The van der Waals surface area contributed by atoms with Gasteiger partial charge in [0.1, 0.15) is 17.0 Å². The molecule has 5 rings (SSSR count). The number of carbonyl (C=O) groups is 1. The number of oxazole rings is 1. The molecule has 0 unspecified atom stereocenters. The van der Waals surface area contributed by atoms with Crippen molar-refractivity contribution in [1.82, 2.24) is 10.3 Å². The monoisotopic (exact) mass is 577 g/mol. The summed E-state index contributed by atoms with van der Waals surface area (Å²) in [7, 11) is 0. The molecule has 6 nitrogen and oxygen atoms in total. The van der Waals surface area contributed by atoms with Crippen LogP contribution < -0.4 is 10.6 Å². The van der Waals surface area contributed by atoms with E-state index in [9.17, 15) is 4.79 Å². The van der Waals surface area contributed by atoms with Crippen molar-refractivity contribution in [3.63, 3.8) is 0 Å². The molecule has 2 aromatic heterocycles. The van der Waals surface area contributed by atoms with E-state index in [1.54, 1.807) is 42.5 Å². The van der Waals surface area contributed by atoms with Crippen molar-refractivity contribution in [2.45, 2.75) is 0 Å². The molecular formula is C27H17BrClN3O3S. The average molecular weight is 579 g/mol. The predicted molar refractivity (Wildman–Crippen MR) is 150 cm³/mol. The van der Waals surface area contributed by atoms with Crippen LogP contribution in [0.4, 0.5) is 5.69 Å². The van der Waals surface area contributed by atoms with Gasteiger partial charge in [0.15, 0.2) is 10.7 Å². The van der Waals surface area contributed by atoms with Gasteiger partial charge in [-0.1, -0.05) is 23.7 Å². The summed E-state index contributed by atoms with van der Waals surface area (Å²) in [5.74, 6) is 1.32. The number of hydrogen-bond donors (Lipinski definition) is 2. The first kappa shape index (κ1) is 24.0. The molecule has 9 heteroatoms. The lowest BCUT2D eigenvalue weighted by Gasteiger charge is -2.07. The van der Waals surface area contributed by atoms with Crippen LogP contribution in [0.1, 0.15) is 5.76 Å². The normalized spacial score (nSPS) is 11.2. The molecule has 3 aromatic carbocycles. The van der Waals surface area contributed by atoms with Crippen molar-refractivity contribution in [2.75, 3.05) is 5.32 Å². The highest BCUT2D eigenvalue weighted by molar-refractivity contribution is 9.10. The molecule has 0 fully saturated rings. The van der Waals surface area contributed by atoms with E-state index in [1.807, 2.05) is 42.5 Å². The summed E-state index contributed by atoms with van der Waals surface area (Å²) < 4.78 is 12.5. The Bertz CT molecular complexity index is 1610. The Morgan fingerprint density at radius 3 is 2.61 bits per heavy atom. The number of thiocarbonyl (C=S) groups is 1. The first-order chi connectivity index (χ1) is 17.4. The van der Waals surface area contributed by atoms with E-state index >= 15 is 0 Å². The number of anilines is 1. The molecule has 0 radical (unpaired) electrons. The maximum Gasteiger partial charge on any atom is 0.250 e. The third kappa shape index (κ3) is 5.57. The fourth-order valence-corrected chi connectivity index (χ4v) is 4.24. The lowest BCUT2D eigenvalue weighted by Crippen LogP contribution is -2.32. The molecule has 1 amide bonds. The minimum absolute atomic E-state index is 0.153. The number of nitrogens with zero attached hydrogens (tertiary/aromatic N) is 1.